The predicted molar refractivity (Wildman–Crippen MR) is 87.8 cm³/mol. The van der Waals surface area contributed by atoms with Gasteiger partial charge in [0.25, 0.3) is 0 Å². The van der Waals surface area contributed by atoms with Gasteiger partial charge in [-0.1, -0.05) is 35.9 Å². The lowest BCUT2D eigenvalue weighted by molar-refractivity contribution is 0.625. The van der Waals surface area contributed by atoms with E-state index >= 15 is 0 Å². The molecule has 0 unspecified atom stereocenters. The zero-order chi connectivity index (χ0) is 15.4. The normalized spacial score (nSPS) is 11.0. The van der Waals surface area contributed by atoms with Crippen molar-refractivity contribution in [3.05, 3.63) is 82.9 Å². The summed E-state index contributed by atoms with van der Waals surface area (Å²) < 4.78 is 13.7. The van der Waals surface area contributed by atoms with Crippen LogP contribution in [-0.4, -0.2) is 9.97 Å². The van der Waals surface area contributed by atoms with Crippen LogP contribution < -0.4 is 0 Å². The van der Waals surface area contributed by atoms with Gasteiger partial charge in [0.05, 0.1) is 16.4 Å². The Morgan fingerprint density at radius 2 is 1.73 bits per heavy atom. The van der Waals surface area contributed by atoms with E-state index in [0.717, 1.165) is 17.0 Å². The lowest BCUT2D eigenvalue weighted by Crippen LogP contribution is -1.87. The SMILES string of the molecule is Fc1cccc(Cl)c1/C=C/c1ccc(-c2ccccn2)nc1. The second-order valence-electron chi connectivity index (χ2n) is 4.66. The smallest absolute Gasteiger partial charge is 0.131 e. The van der Waals surface area contributed by atoms with E-state index in [2.05, 4.69) is 9.97 Å². The first-order valence-corrected chi connectivity index (χ1v) is 7.11. The molecule has 0 N–H and O–H groups in total. The largest absolute Gasteiger partial charge is 0.255 e. The maximum absolute atomic E-state index is 13.7. The predicted octanol–water partition coefficient (Wildman–Crippen LogP) is 5.11. The number of halogens is 2. The molecular formula is C18H12ClFN2. The summed E-state index contributed by atoms with van der Waals surface area (Å²) in [5, 5.41) is 0.384. The first-order valence-electron chi connectivity index (χ1n) is 6.73. The topological polar surface area (TPSA) is 25.8 Å². The molecule has 2 heterocycles. The van der Waals surface area contributed by atoms with Crippen LogP contribution in [0, 0.1) is 5.82 Å². The average molecular weight is 311 g/mol. The summed E-state index contributed by atoms with van der Waals surface area (Å²) in [6, 6.07) is 14.1. The summed E-state index contributed by atoms with van der Waals surface area (Å²) >= 11 is 5.99. The molecule has 1 aromatic carbocycles. The zero-order valence-electron chi connectivity index (χ0n) is 11.6. The van der Waals surface area contributed by atoms with Crippen molar-refractivity contribution >= 4 is 23.8 Å². The first kappa shape index (κ1) is 14.4. The lowest BCUT2D eigenvalue weighted by atomic mass is 10.1. The van der Waals surface area contributed by atoms with Gasteiger partial charge in [0.15, 0.2) is 0 Å². The fourth-order valence-corrected chi connectivity index (χ4v) is 2.25. The van der Waals surface area contributed by atoms with Crippen molar-refractivity contribution in [2.75, 3.05) is 0 Å². The van der Waals surface area contributed by atoms with E-state index in [1.165, 1.54) is 6.07 Å². The molecule has 0 aliphatic heterocycles. The summed E-state index contributed by atoms with van der Waals surface area (Å²) in [7, 11) is 0. The summed E-state index contributed by atoms with van der Waals surface area (Å²) in [6.07, 6.45) is 6.87. The molecule has 2 aromatic heterocycles. The summed E-state index contributed by atoms with van der Waals surface area (Å²) in [5.41, 5.74) is 2.84. The van der Waals surface area contributed by atoms with Crippen LogP contribution in [0.3, 0.4) is 0 Å². The highest BCUT2D eigenvalue weighted by atomic mass is 35.5. The minimum absolute atomic E-state index is 0.346. The minimum Gasteiger partial charge on any atom is -0.255 e. The zero-order valence-corrected chi connectivity index (χ0v) is 12.3. The lowest BCUT2D eigenvalue weighted by Gasteiger charge is -2.01. The number of rotatable bonds is 3. The quantitative estimate of drug-likeness (QED) is 0.672. The van der Waals surface area contributed by atoms with E-state index in [0.29, 0.717) is 10.6 Å². The number of aromatic nitrogens is 2. The third kappa shape index (κ3) is 3.21. The standard InChI is InChI=1S/C18H12ClFN2/c19-15-4-3-5-16(20)14(15)9-7-13-8-10-18(22-12-13)17-6-1-2-11-21-17/h1-12H/b9-7+. The van der Waals surface area contributed by atoms with Crippen LogP contribution in [0.5, 0.6) is 0 Å². The Labute approximate surface area is 132 Å². The van der Waals surface area contributed by atoms with Gasteiger partial charge in [-0.05, 0) is 42.0 Å². The van der Waals surface area contributed by atoms with Gasteiger partial charge in [-0.2, -0.15) is 0 Å². The Bertz CT molecular complexity index is 779. The molecule has 0 aliphatic carbocycles. The van der Waals surface area contributed by atoms with Crippen LogP contribution >= 0.6 is 11.6 Å². The summed E-state index contributed by atoms with van der Waals surface area (Å²) in [5.74, 6) is -0.346. The highest BCUT2D eigenvalue weighted by Gasteiger charge is 2.03. The summed E-state index contributed by atoms with van der Waals surface area (Å²) in [4.78, 5) is 8.61. The molecule has 2 nitrogen and oxygen atoms in total. The number of hydrogen-bond donors (Lipinski definition) is 0. The number of hydrogen-bond acceptors (Lipinski definition) is 2. The molecule has 0 saturated heterocycles. The van der Waals surface area contributed by atoms with E-state index in [-0.39, 0.29) is 5.82 Å². The molecule has 0 radical (unpaired) electrons. The van der Waals surface area contributed by atoms with Gasteiger partial charge < -0.3 is 0 Å². The molecule has 3 rings (SSSR count). The van der Waals surface area contributed by atoms with Crippen LogP contribution in [0.1, 0.15) is 11.1 Å². The van der Waals surface area contributed by atoms with Crippen molar-refractivity contribution in [2.24, 2.45) is 0 Å². The Hall–Kier alpha value is -2.52. The third-order valence-electron chi connectivity index (χ3n) is 3.16. The molecule has 108 valence electrons. The maximum Gasteiger partial charge on any atom is 0.131 e. The fraction of sp³-hybridized carbons (Fsp3) is 0. The highest BCUT2D eigenvalue weighted by Crippen LogP contribution is 2.22. The van der Waals surface area contributed by atoms with Crippen molar-refractivity contribution in [2.45, 2.75) is 0 Å². The molecule has 0 aliphatic rings. The van der Waals surface area contributed by atoms with Crippen LogP contribution in [0.2, 0.25) is 5.02 Å². The molecule has 0 saturated carbocycles. The van der Waals surface area contributed by atoms with E-state index in [4.69, 9.17) is 11.6 Å². The van der Waals surface area contributed by atoms with Crippen LogP contribution in [0.4, 0.5) is 4.39 Å². The molecule has 3 aromatic rings. The van der Waals surface area contributed by atoms with Crippen molar-refractivity contribution in [1.82, 2.24) is 9.97 Å². The van der Waals surface area contributed by atoms with Crippen LogP contribution in [0.25, 0.3) is 23.5 Å². The Kier molecular flexibility index (Phi) is 4.26. The molecule has 0 fully saturated rings. The second kappa shape index (κ2) is 6.50. The van der Waals surface area contributed by atoms with Gasteiger partial charge in [-0.3, -0.25) is 9.97 Å². The van der Waals surface area contributed by atoms with E-state index < -0.39 is 0 Å². The van der Waals surface area contributed by atoms with Gasteiger partial charge in [0.1, 0.15) is 5.82 Å². The minimum atomic E-state index is -0.346. The van der Waals surface area contributed by atoms with E-state index in [1.807, 2.05) is 30.3 Å². The van der Waals surface area contributed by atoms with Crippen LogP contribution in [0.15, 0.2) is 60.9 Å². The number of benzene rings is 1. The Morgan fingerprint density at radius 1 is 0.864 bits per heavy atom. The summed E-state index contributed by atoms with van der Waals surface area (Å²) in [6.45, 7) is 0. The van der Waals surface area contributed by atoms with Crippen molar-refractivity contribution in [1.29, 1.82) is 0 Å². The molecule has 22 heavy (non-hydrogen) atoms. The van der Waals surface area contributed by atoms with Gasteiger partial charge in [0.2, 0.25) is 0 Å². The van der Waals surface area contributed by atoms with Crippen molar-refractivity contribution in [3.63, 3.8) is 0 Å². The Balaban J connectivity index is 1.84. The van der Waals surface area contributed by atoms with Crippen molar-refractivity contribution in [3.8, 4) is 11.4 Å². The molecular weight excluding hydrogens is 299 g/mol. The molecule has 4 heteroatoms. The molecule has 0 atom stereocenters. The molecule has 0 amide bonds. The first-order chi connectivity index (χ1) is 10.7. The third-order valence-corrected chi connectivity index (χ3v) is 3.49. The van der Waals surface area contributed by atoms with Gasteiger partial charge >= 0.3 is 0 Å². The maximum atomic E-state index is 13.7. The van der Waals surface area contributed by atoms with Gasteiger partial charge in [-0.25, -0.2) is 4.39 Å². The average Bonchev–Trinajstić information content (AvgIpc) is 2.56. The fourth-order valence-electron chi connectivity index (χ4n) is 2.02. The number of nitrogens with zero attached hydrogens (tertiary/aromatic N) is 2. The van der Waals surface area contributed by atoms with E-state index in [1.54, 1.807) is 36.7 Å². The molecule has 0 spiro atoms. The van der Waals surface area contributed by atoms with Gasteiger partial charge in [0, 0.05) is 18.0 Å². The molecule has 0 bridgehead atoms. The van der Waals surface area contributed by atoms with E-state index in [9.17, 15) is 4.39 Å². The van der Waals surface area contributed by atoms with Gasteiger partial charge in [-0.15, -0.1) is 0 Å². The Morgan fingerprint density at radius 3 is 2.41 bits per heavy atom. The van der Waals surface area contributed by atoms with Crippen molar-refractivity contribution < 1.29 is 4.39 Å². The monoisotopic (exact) mass is 310 g/mol. The highest BCUT2D eigenvalue weighted by molar-refractivity contribution is 6.32. The van der Waals surface area contributed by atoms with Crippen LogP contribution in [-0.2, 0) is 0 Å². The second-order valence-corrected chi connectivity index (χ2v) is 5.07. The number of pyridine rings is 2.